The minimum absolute atomic E-state index is 0.0620. The molecular formula is C21H24N2O3. The predicted octanol–water partition coefficient (Wildman–Crippen LogP) is 2.93. The molecule has 0 aromatic heterocycles. The molecule has 3 rings (SSSR count). The van der Waals surface area contributed by atoms with Crippen molar-refractivity contribution in [3.8, 4) is 6.07 Å². The number of nitrogens with zero attached hydrogens (tertiary/aromatic N) is 2. The first-order valence-electron chi connectivity index (χ1n) is 8.72. The van der Waals surface area contributed by atoms with E-state index in [4.69, 9.17) is 4.74 Å². The van der Waals surface area contributed by atoms with Crippen LogP contribution >= 0.6 is 0 Å². The number of hydrogen-bond acceptors (Lipinski definition) is 4. The standard InChI is InChI=1S/C21H24N2O3/c1-19(2)16-8-11-23(4)18(25)21(16,12-14(13-22)17(19)24)20(3)9-6-15(26-5)7-10-20/h6-9,12H,10-11H2,1-5H3/t20?,21-/m1/s1. The maximum absolute atomic E-state index is 13.5. The van der Waals surface area contributed by atoms with E-state index in [2.05, 4.69) is 0 Å². The summed E-state index contributed by atoms with van der Waals surface area (Å²) < 4.78 is 5.30. The first-order chi connectivity index (χ1) is 12.1. The maximum Gasteiger partial charge on any atom is 0.237 e. The Hall–Kier alpha value is -2.61. The normalized spacial score (nSPS) is 32.9. The van der Waals surface area contributed by atoms with Gasteiger partial charge in [0, 0.05) is 19.0 Å². The van der Waals surface area contributed by atoms with Gasteiger partial charge in [0.05, 0.1) is 18.1 Å². The second kappa shape index (κ2) is 5.70. The average molecular weight is 352 g/mol. The number of rotatable bonds is 2. The molecule has 26 heavy (non-hydrogen) atoms. The second-order valence-corrected chi connectivity index (χ2v) is 8.00. The lowest BCUT2D eigenvalue weighted by Gasteiger charge is -2.55. The van der Waals surface area contributed by atoms with Gasteiger partial charge in [0.15, 0.2) is 5.78 Å². The Kier molecular flexibility index (Phi) is 3.99. The van der Waals surface area contributed by atoms with Crippen LogP contribution in [-0.2, 0) is 14.3 Å². The van der Waals surface area contributed by atoms with Crippen molar-refractivity contribution in [2.24, 2.45) is 16.2 Å². The number of nitriles is 1. The zero-order valence-electron chi connectivity index (χ0n) is 15.9. The van der Waals surface area contributed by atoms with Crippen molar-refractivity contribution in [3.63, 3.8) is 0 Å². The Morgan fingerprint density at radius 3 is 2.46 bits per heavy atom. The first-order valence-corrected chi connectivity index (χ1v) is 8.72. The van der Waals surface area contributed by atoms with Crippen molar-refractivity contribution >= 4 is 11.7 Å². The van der Waals surface area contributed by atoms with E-state index in [0.29, 0.717) is 13.0 Å². The molecule has 1 heterocycles. The number of ether oxygens (including phenoxy) is 1. The topological polar surface area (TPSA) is 70.4 Å². The summed E-state index contributed by atoms with van der Waals surface area (Å²) in [5.41, 5.74) is -1.72. The van der Waals surface area contributed by atoms with Crippen molar-refractivity contribution in [1.29, 1.82) is 5.26 Å². The highest BCUT2D eigenvalue weighted by Crippen LogP contribution is 2.60. The van der Waals surface area contributed by atoms with Gasteiger partial charge >= 0.3 is 0 Å². The molecule has 0 radical (unpaired) electrons. The molecule has 0 spiro atoms. The van der Waals surface area contributed by atoms with Crippen LogP contribution in [0, 0.1) is 27.6 Å². The van der Waals surface area contributed by atoms with E-state index in [0.717, 1.165) is 11.3 Å². The number of allylic oxidation sites excluding steroid dienone is 4. The van der Waals surface area contributed by atoms with E-state index in [1.54, 1.807) is 25.1 Å². The summed E-state index contributed by atoms with van der Waals surface area (Å²) in [5.74, 6) is 0.442. The largest absolute Gasteiger partial charge is 0.497 e. The molecule has 5 nitrogen and oxygen atoms in total. The molecule has 0 aromatic rings. The number of methoxy groups -OCH3 is 1. The number of likely N-dealkylation sites (N-methyl/N-ethyl adjacent to an activating group) is 1. The van der Waals surface area contributed by atoms with Crippen LogP contribution in [0.4, 0.5) is 0 Å². The van der Waals surface area contributed by atoms with E-state index in [1.807, 2.05) is 51.1 Å². The van der Waals surface area contributed by atoms with Crippen molar-refractivity contribution in [3.05, 3.63) is 47.3 Å². The fourth-order valence-electron chi connectivity index (χ4n) is 4.48. The molecule has 0 bridgehead atoms. The van der Waals surface area contributed by atoms with Gasteiger partial charge in [-0.3, -0.25) is 9.59 Å². The van der Waals surface area contributed by atoms with Gasteiger partial charge in [-0.25, -0.2) is 0 Å². The lowest BCUT2D eigenvalue weighted by atomic mass is 9.48. The van der Waals surface area contributed by atoms with Crippen LogP contribution in [0.3, 0.4) is 0 Å². The highest BCUT2D eigenvalue weighted by Gasteiger charge is 2.62. The van der Waals surface area contributed by atoms with E-state index in [-0.39, 0.29) is 17.3 Å². The van der Waals surface area contributed by atoms with Crippen LogP contribution < -0.4 is 0 Å². The minimum atomic E-state index is -1.06. The Morgan fingerprint density at radius 1 is 1.23 bits per heavy atom. The van der Waals surface area contributed by atoms with Gasteiger partial charge < -0.3 is 9.64 Å². The summed E-state index contributed by atoms with van der Waals surface area (Å²) in [6, 6.07) is 2.03. The molecule has 5 heteroatoms. The summed E-state index contributed by atoms with van der Waals surface area (Å²) in [6.45, 7) is 6.09. The molecule has 0 aromatic carbocycles. The number of carbonyl (C=O) groups is 2. The Balaban J connectivity index is 2.32. The van der Waals surface area contributed by atoms with Crippen molar-refractivity contribution in [2.45, 2.75) is 27.2 Å². The molecule has 2 atom stereocenters. The molecule has 0 saturated heterocycles. The van der Waals surface area contributed by atoms with Crippen LogP contribution in [0.2, 0.25) is 0 Å². The molecule has 3 aliphatic rings. The van der Waals surface area contributed by atoms with Gasteiger partial charge in [-0.15, -0.1) is 0 Å². The van der Waals surface area contributed by atoms with E-state index in [9.17, 15) is 14.9 Å². The Bertz CT molecular complexity index is 853. The lowest BCUT2D eigenvalue weighted by molar-refractivity contribution is -0.143. The SMILES string of the molecule is COC1=CCC(C)([C@]23C=C(C#N)C(=O)C(C)(C)C2=CCN(C)C3=O)C=C1. The van der Waals surface area contributed by atoms with Gasteiger partial charge in [-0.05, 0) is 44.1 Å². The van der Waals surface area contributed by atoms with E-state index < -0.39 is 16.2 Å². The third-order valence-electron chi connectivity index (χ3n) is 6.12. The number of hydrogen-bond donors (Lipinski definition) is 0. The molecular weight excluding hydrogens is 328 g/mol. The van der Waals surface area contributed by atoms with Crippen LogP contribution in [0.5, 0.6) is 0 Å². The lowest BCUT2D eigenvalue weighted by Crippen LogP contribution is -2.59. The van der Waals surface area contributed by atoms with E-state index >= 15 is 0 Å². The second-order valence-electron chi connectivity index (χ2n) is 8.00. The summed E-state index contributed by atoms with van der Waals surface area (Å²) in [7, 11) is 3.37. The fourth-order valence-corrected chi connectivity index (χ4v) is 4.48. The van der Waals surface area contributed by atoms with Crippen LogP contribution in [0.1, 0.15) is 27.2 Å². The number of fused-ring (bicyclic) bond motifs is 1. The predicted molar refractivity (Wildman–Crippen MR) is 97.6 cm³/mol. The number of carbonyl (C=O) groups excluding carboxylic acids is 2. The van der Waals surface area contributed by atoms with Gasteiger partial charge in [0.25, 0.3) is 0 Å². The molecule has 0 saturated carbocycles. The van der Waals surface area contributed by atoms with Gasteiger partial charge in [-0.2, -0.15) is 5.26 Å². The van der Waals surface area contributed by atoms with Crippen LogP contribution in [-0.4, -0.2) is 37.3 Å². The third kappa shape index (κ3) is 2.14. The minimum Gasteiger partial charge on any atom is -0.497 e. The van der Waals surface area contributed by atoms with Crippen LogP contribution in [0.15, 0.2) is 47.3 Å². The van der Waals surface area contributed by atoms with Gasteiger partial charge in [-0.1, -0.05) is 19.1 Å². The molecule has 0 N–H and O–H groups in total. The zero-order valence-corrected chi connectivity index (χ0v) is 15.9. The number of amides is 1. The van der Waals surface area contributed by atoms with Crippen molar-refractivity contribution < 1.29 is 14.3 Å². The Morgan fingerprint density at radius 2 is 1.92 bits per heavy atom. The monoisotopic (exact) mass is 352 g/mol. The average Bonchev–Trinajstić information content (AvgIpc) is 2.62. The smallest absolute Gasteiger partial charge is 0.237 e. The highest BCUT2D eigenvalue weighted by atomic mass is 16.5. The maximum atomic E-state index is 13.5. The quantitative estimate of drug-likeness (QED) is 0.717. The molecule has 1 unspecified atom stereocenters. The molecule has 0 fully saturated rings. The zero-order chi connectivity index (χ0) is 19.3. The van der Waals surface area contributed by atoms with E-state index in [1.165, 1.54) is 0 Å². The first kappa shape index (κ1) is 18.2. The molecule has 2 aliphatic carbocycles. The summed E-state index contributed by atoms with van der Waals surface area (Å²) >= 11 is 0. The number of ketones is 1. The van der Waals surface area contributed by atoms with Gasteiger partial charge in [0.2, 0.25) is 5.91 Å². The van der Waals surface area contributed by atoms with Crippen molar-refractivity contribution in [2.75, 3.05) is 20.7 Å². The van der Waals surface area contributed by atoms with Crippen molar-refractivity contribution in [1.82, 2.24) is 4.90 Å². The van der Waals surface area contributed by atoms with Crippen LogP contribution in [0.25, 0.3) is 0 Å². The van der Waals surface area contributed by atoms with Gasteiger partial charge in [0.1, 0.15) is 17.2 Å². The summed E-state index contributed by atoms with van der Waals surface area (Å²) in [4.78, 5) is 28.0. The summed E-state index contributed by atoms with van der Waals surface area (Å²) in [5, 5.41) is 9.58. The molecule has 136 valence electrons. The number of Topliss-reactive ketones (excluding diaryl/α,β-unsaturated/α-hetero) is 1. The third-order valence-corrected chi connectivity index (χ3v) is 6.12. The Labute approximate surface area is 154 Å². The summed E-state index contributed by atoms with van der Waals surface area (Å²) in [6.07, 6.45) is 9.97. The fraction of sp³-hybridized carbons (Fsp3) is 0.476. The molecule has 1 aliphatic heterocycles. The highest BCUT2D eigenvalue weighted by molar-refractivity contribution is 6.10. The molecule has 1 amide bonds.